The molecule has 4 heteroatoms. The van der Waals surface area contributed by atoms with Crippen molar-refractivity contribution in [3.63, 3.8) is 0 Å². The molecular weight excluding hydrogens is 362 g/mol. The van der Waals surface area contributed by atoms with Gasteiger partial charge in [0.25, 0.3) is 0 Å². The van der Waals surface area contributed by atoms with Gasteiger partial charge in [-0.3, -0.25) is 0 Å². The number of ether oxygens (including phenoxy) is 1. The van der Waals surface area contributed by atoms with E-state index in [0.29, 0.717) is 12.5 Å². The van der Waals surface area contributed by atoms with Gasteiger partial charge in [0.15, 0.2) is 0 Å². The highest BCUT2D eigenvalue weighted by Crippen LogP contribution is 2.22. The summed E-state index contributed by atoms with van der Waals surface area (Å²) in [5, 5.41) is 0. The molecule has 0 fully saturated rings. The number of benzene rings is 2. The third-order valence-electron chi connectivity index (χ3n) is 4.46. The third-order valence-corrected chi connectivity index (χ3v) is 4.46. The van der Waals surface area contributed by atoms with Crippen LogP contribution in [0.2, 0.25) is 0 Å². The summed E-state index contributed by atoms with van der Waals surface area (Å²) in [6.45, 7) is 4.14. The summed E-state index contributed by atoms with van der Waals surface area (Å²) in [5.74, 6) is 1.22. The summed E-state index contributed by atoms with van der Waals surface area (Å²) in [6.07, 6.45) is 8.61. The Morgan fingerprint density at radius 1 is 1.03 bits per heavy atom. The lowest BCUT2D eigenvalue weighted by Gasteiger charge is -2.01. The van der Waals surface area contributed by atoms with Gasteiger partial charge >= 0.3 is 5.97 Å². The average molecular weight is 387 g/mol. The van der Waals surface area contributed by atoms with Gasteiger partial charge in [-0.2, -0.15) is 0 Å². The molecule has 148 valence electrons. The van der Waals surface area contributed by atoms with Crippen LogP contribution in [0.1, 0.15) is 29.5 Å². The van der Waals surface area contributed by atoms with Crippen LogP contribution >= 0.6 is 0 Å². The van der Waals surface area contributed by atoms with Crippen LogP contribution in [0.5, 0.6) is 0 Å². The number of rotatable bonds is 8. The first-order valence-corrected chi connectivity index (χ1v) is 9.78. The number of carbonyl (C=O) groups excluding carboxylic acids is 1. The number of nitrogens with zero attached hydrogens (tertiary/aromatic N) is 1. The number of allylic oxidation sites excluding steroid dienone is 2. The fourth-order valence-electron chi connectivity index (χ4n) is 2.91. The molecule has 0 aliphatic heterocycles. The molecular formula is C25H25NO3. The first-order chi connectivity index (χ1) is 14.2. The van der Waals surface area contributed by atoms with Crippen molar-refractivity contribution >= 4 is 12.0 Å². The molecule has 0 N–H and O–H groups in total. The van der Waals surface area contributed by atoms with Gasteiger partial charge in [-0.1, -0.05) is 60.7 Å². The molecule has 0 saturated carbocycles. The van der Waals surface area contributed by atoms with Crippen LogP contribution in [0.15, 0.2) is 77.2 Å². The number of oxazole rings is 1. The van der Waals surface area contributed by atoms with Crippen molar-refractivity contribution in [2.45, 2.75) is 26.7 Å². The largest absolute Gasteiger partial charge is 0.463 e. The first-order valence-electron chi connectivity index (χ1n) is 9.78. The van der Waals surface area contributed by atoms with Gasteiger partial charge in [0.2, 0.25) is 5.89 Å². The fraction of sp³-hybridized carbons (Fsp3) is 0.200. The second kappa shape index (κ2) is 10.2. The molecule has 0 aliphatic carbocycles. The molecule has 0 aliphatic rings. The van der Waals surface area contributed by atoms with Gasteiger partial charge in [-0.25, -0.2) is 9.78 Å². The standard InChI is InChI=1S/C25H25NO3/c1-3-28-24(27)12-8-7-9-20-13-15-21(16-14-20)17-18-23-19(2)29-25(26-23)22-10-5-4-6-11-22/h4-16H,3,17-18H2,1-2H3. The zero-order valence-corrected chi connectivity index (χ0v) is 16.8. The highest BCUT2D eigenvalue weighted by molar-refractivity contribution is 5.82. The average Bonchev–Trinajstić information content (AvgIpc) is 3.12. The predicted octanol–water partition coefficient (Wildman–Crippen LogP) is 5.57. The quantitative estimate of drug-likeness (QED) is 0.288. The van der Waals surface area contributed by atoms with Crippen molar-refractivity contribution in [1.82, 2.24) is 4.98 Å². The maximum absolute atomic E-state index is 11.2. The summed E-state index contributed by atoms with van der Waals surface area (Å²) < 4.78 is 10.7. The summed E-state index contributed by atoms with van der Waals surface area (Å²) in [7, 11) is 0. The van der Waals surface area contributed by atoms with Crippen LogP contribution in [-0.4, -0.2) is 17.6 Å². The minimum absolute atomic E-state index is 0.328. The Bertz CT molecular complexity index is 983. The van der Waals surface area contributed by atoms with E-state index in [1.165, 1.54) is 11.6 Å². The van der Waals surface area contributed by atoms with Crippen molar-refractivity contribution < 1.29 is 13.9 Å². The number of carbonyl (C=O) groups is 1. The lowest BCUT2D eigenvalue weighted by Crippen LogP contribution is -1.98. The molecule has 2 aromatic carbocycles. The Hall–Kier alpha value is -3.40. The second-order valence-corrected chi connectivity index (χ2v) is 6.60. The number of hydrogen-bond acceptors (Lipinski definition) is 4. The smallest absolute Gasteiger partial charge is 0.330 e. The minimum atomic E-state index is -0.328. The minimum Gasteiger partial charge on any atom is -0.463 e. The molecule has 0 amide bonds. The van der Waals surface area contributed by atoms with Crippen LogP contribution in [0.4, 0.5) is 0 Å². The molecule has 1 heterocycles. The molecule has 4 nitrogen and oxygen atoms in total. The van der Waals surface area contributed by atoms with Gasteiger partial charge < -0.3 is 9.15 Å². The van der Waals surface area contributed by atoms with Crippen LogP contribution in [-0.2, 0) is 22.4 Å². The number of aromatic nitrogens is 1. The zero-order valence-electron chi connectivity index (χ0n) is 16.8. The van der Waals surface area contributed by atoms with Crippen molar-refractivity contribution in [3.05, 3.63) is 95.4 Å². The van der Waals surface area contributed by atoms with Gasteiger partial charge in [0.1, 0.15) is 5.76 Å². The second-order valence-electron chi connectivity index (χ2n) is 6.60. The van der Waals surface area contributed by atoms with E-state index >= 15 is 0 Å². The van der Waals surface area contributed by atoms with E-state index in [1.54, 1.807) is 13.0 Å². The Labute approximate surface area is 171 Å². The molecule has 3 rings (SSSR count). The first kappa shape index (κ1) is 20.3. The van der Waals surface area contributed by atoms with E-state index in [9.17, 15) is 4.79 Å². The van der Waals surface area contributed by atoms with Crippen LogP contribution in [0.3, 0.4) is 0 Å². The van der Waals surface area contributed by atoms with E-state index in [2.05, 4.69) is 29.2 Å². The van der Waals surface area contributed by atoms with Crippen molar-refractivity contribution in [3.8, 4) is 11.5 Å². The van der Waals surface area contributed by atoms with Gasteiger partial charge in [0.05, 0.1) is 12.3 Å². The van der Waals surface area contributed by atoms with Crippen molar-refractivity contribution in [2.24, 2.45) is 0 Å². The van der Waals surface area contributed by atoms with Crippen molar-refractivity contribution in [2.75, 3.05) is 6.61 Å². The zero-order chi connectivity index (χ0) is 20.5. The molecule has 0 spiro atoms. The topological polar surface area (TPSA) is 52.3 Å². The fourth-order valence-corrected chi connectivity index (χ4v) is 2.91. The van der Waals surface area contributed by atoms with E-state index in [4.69, 9.17) is 9.15 Å². The maximum Gasteiger partial charge on any atom is 0.330 e. The molecule has 0 bridgehead atoms. The Balaban J connectivity index is 1.55. The molecule has 0 unspecified atom stereocenters. The number of esters is 1. The summed E-state index contributed by atoms with van der Waals surface area (Å²) >= 11 is 0. The third kappa shape index (κ3) is 6.04. The lowest BCUT2D eigenvalue weighted by molar-refractivity contribution is -0.137. The summed E-state index contributed by atoms with van der Waals surface area (Å²) in [6, 6.07) is 18.3. The highest BCUT2D eigenvalue weighted by atomic mass is 16.5. The van der Waals surface area contributed by atoms with E-state index in [1.807, 2.05) is 49.4 Å². The molecule has 1 aromatic heterocycles. The Kier molecular flexibility index (Phi) is 7.17. The normalized spacial score (nSPS) is 11.4. The Morgan fingerprint density at radius 2 is 1.79 bits per heavy atom. The van der Waals surface area contributed by atoms with E-state index < -0.39 is 0 Å². The van der Waals surface area contributed by atoms with Crippen LogP contribution in [0.25, 0.3) is 17.5 Å². The van der Waals surface area contributed by atoms with Gasteiger partial charge in [-0.15, -0.1) is 0 Å². The SMILES string of the molecule is CCOC(=O)C=CC=Cc1ccc(CCc2nc(-c3ccccc3)oc2C)cc1. The Morgan fingerprint density at radius 3 is 2.52 bits per heavy atom. The van der Waals surface area contributed by atoms with Crippen LogP contribution < -0.4 is 0 Å². The van der Waals surface area contributed by atoms with Crippen LogP contribution in [0, 0.1) is 6.92 Å². The molecule has 0 atom stereocenters. The number of aryl methyl sites for hydroxylation is 3. The maximum atomic E-state index is 11.2. The van der Waals surface area contributed by atoms with E-state index in [0.717, 1.165) is 35.4 Å². The lowest BCUT2D eigenvalue weighted by atomic mass is 10.1. The predicted molar refractivity (Wildman–Crippen MR) is 115 cm³/mol. The van der Waals surface area contributed by atoms with Crippen molar-refractivity contribution in [1.29, 1.82) is 0 Å². The monoisotopic (exact) mass is 387 g/mol. The van der Waals surface area contributed by atoms with E-state index in [-0.39, 0.29) is 5.97 Å². The van der Waals surface area contributed by atoms with Gasteiger partial charge in [-0.05, 0) is 49.9 Å². The van der Waals surface area contributed by atoms with Gasteiger partial charge in [0, 0.05) is 11.6 Å². The summed E-state index contributed by atoms with van der Waals surface area (Å²) in [4.78, 5) is 15.9. The molecule has 3 aromatic rings. The summed E-state index contributed by atoms with van der Waals surface area (Å²) in [5.41, 5.74) is 4.31. The number of hydrogen-bond donors (Lipinski definition) is 0. The molecule has 0 saturated heterocycles. The highest BCUT2D eigenvalue weighted by Gasteiger charge is 2.11. The molecule has 0 radical (unpaired) electrons. The molecule has 29 heavy (non-hydrogen) atoms.